The van der Waals surface area contributed by atoms with Crippen molar-refractivity contribution < 1.29 is 4.79 Å². The van der Waals surface area contributed by atoms with Crippen molar-refractivity contribution in [2.45, 2.75) is 26.3 Å². The summed E-state index contributed by atoms with van der Waals surface area (Å²) in [5, 5.41) is 14.4. The van der Waals surface area contributed by atoms with E-state index in [2.05, 4.69) is 27.8 Å². The van der Waals surface area contributed by atoms with Crippen LogP contribution in [0.1, 0.15) is 30.8 Å². The Morgan fingerprint density at radius 3 is 2.64 bits per heavy atom. The molecule has 1 aromatic heterocycles. The van der Waals surface area contributed by atoms with Gasteiger partial charge < -0.3 is 10.6 Å². The topological polar surface area (TPSA) is 66.9 Å². The van der Waals surface area contributed by atoms with Crippen LogP contribution in [0.2, 0.25) is 10.0 Å². The molecule has 0 spiro atoms. The van der Waals surface area contributed by atoms with Crippen molar-refractivity contribution in [3.05, 3.63) is 46.1 Å². The maximum Gasteiger partial charge on any atom is 0.276 e. The van der Waals surface area contributed by atoms with Crippen LogP contribution in [0, 0.1) is 0 Å². The van der Waals surface area contributed by atoms with E-state index in [1.165, 1.54) is 0 Å². The van der Waals surface area contributed by atoms with Gasteiger partial charge in [0.05, 0.1) is 15.7 Å². The fourth-order valence-electron chi connectivity index (χ4n) is 1.67. The van der Waals surface area contributed by atoms with Crippen molar-refractivity contribution in [2.24, 2.45) is 0 Å². The number of aromatic nitrogens is 2. The fourth-order valence-corrected chi connectivity index (χ4v) is 2.02. The number of nitrogens with zero attached hydrogens (tertiary/aromatic N) is 2. The number of halogens is 2. The number of carbonyl (C=O) groups is 1. The lowest BCUT2D eigenvalue weighted by Crippen LogP contribution is -2.17. The van der Waals surface area contributed by atoms with Crippen LogP contribution in [0.5, 0.6) is 0 Å². The van der Waals surface area contributed by atoms with E-state index in [0.717, 1.165) is 6.42 Å². The molecule has 1 aromatic carbocycles. The summed E-state index contributed by atoms with van der Waals surface area (Å²) in [5.41, 5.74) is 0.633. The standard InChI is InChI=1S/C15H16Cl2N4O/c1-3-9(2)18-13-8-7-12(20-21-13)15(22)19-11-6-4-5-10(16)14(11)17/h4-9H,3H2,1-2H3,(H,18,21)(H,19,22). The minimum Gasteiger partial charge on any atom is -0.366 e. The molecule has 22 heavy (non-hydrogen) atoms. The van der Waals surface area contributed by atoms with Crippen LogP contribution in [0.25, 0.3) is 0 Å². The lowest BCUT2D eigenvalue weighted by atomic mass is 10.2. The molecule has 2 N–H and O–H groups in total. The Hall–Kier alpha value is -1.85. The number of hydrogen-bond donors (Lipinski definition) is 2. The summed E-state index contributed by atoms with van der Waals surface area (Å²) in [7, 11) is 0. The highest BCUT2D eigenvalue weighted by atomic mass is 35.5. The highest BCUT2D eigenvalue weighted by Gasteiger charge is 2.12. The van der Waals surface area contributed by atoms with E-state index >= 15 is 0 Å². The molecule has 1 atom stereocenters. The first-order valence-electron chi connectivity index (χ1n) is 6.87. The summed E-state index contributed by atoms with van der Waals surface area (Å²) in [6, 6.07) is 8.63. The number of rotatable bonds is 5. The summed E-state index contributed by atoms with van der Waals surface area (Å²) < 4.78 is 0. The number of carbonyl (C=O) groups excluding carboxylic acids is 1. The van der Waals surface area contributed by atoms with E-state index in [0.29, 0.717) is 27.6 Å². The van der Waals surface area contributed by atoms with Crippen LogP contribution in [0.15, 0.2) is 30.3 Å². The van der Waals surface area contributed by atoms with Gasteiger partial charge in [0.2, 0.25) is 0 Å². The highest BCUT2D eigenvalue weighted by Crippen LogP contribution is 2.29. The first kappa shape index (κ1) is 16.5. The van der Waals surface area contributed by atoms with Gasteiger partial charge in [-0.25, -0.2) is 0 Å². The van der Waals surface area contributed by atoms with Crippen molar-refractivity contribution in [1.82, 2.24) is 10.2 Å². The van der Waals surface area contributed by atoms with Crippen molar-refractivity contribution >= 4 is 40.6 Å². The second-order valence-electron chi connectivity index (χ2n) is 4.81. The molecule has 2 aromatic rings. The minimum absolute atomic E-state index is 0.200. The monoisotopic (exact) mass is 338 g/mol. The first-order valence-corrected chi connectivity index (χ1v) is 7.62. The van der Waals surface area contributed by atoms with Crippen molar-refractivity contribution in [2.75, 3.05) is 10.6 Å². The van der Waals surface area contributed by atoms with Crippen LogP contribution >= 0.6 is 23.2 Å². The predicted octanol–water partition coefficient (Wildman–Crippen LogP) is 4.25. The number of benzene rings is 1. The van der Waals surface area contributed by atoms with Gasteiger partial charge >= 0.3 is 0 Å². The highest BCUT2D eigenvalue weighted by molar-refractivity contribution is 6.44. The Morgan fingerprint density at radius 1 is 1.23 bits per heavy atom. The lowest BCUT2D eigenvalue weighted by molar-refractivity contribution is 0.102. The molecule has 0 saturated carbocycles. The molecule has 0 aliphatic heterocycles. The molecule has 0 bridgehead atoms. The second kappa shape index (κ2) is 7.42. The largest absolute Gasteiger partial charge is 0.366 e. The number of nitrogens with one attached hydrogen (secondary N) is 2. The van der Waals surface area contributed by atoms with Gasteiger partial charge in [0.15, 0.2) is 5.69 Å². The van der Waals surface area contributed by atoms with E-state index in [1.807, 2.05) is 6.92 Å². The molecular formula is C15H16Cl2N4O. The zero-order chi connectivity index (χ0) is 16.1. The van der Waals surface area contributed by atoms with Crippen LogP contribution in [0.4, 0.5) is 11.5 Å². The third-order valence-electron chi connectivity index (χ3n) is 3.10. The molecule has 0 aliphatic carbocycles. The second-order valence-corrected chi connectivity index (χ2v) is 5.60. The molecule has 0 aliphatic rings. The van der Waals surface area contributed by atoms with E-state index in [4.69, 9.17) is 23.2 Å². The van der Waals surface area contributed by atoms with Crippen LogP contribution < -0.4 is 10.6 Å². The fraction of sp³-hybridized carbons (Fsp3) is 0.267. The van der Waals surface area contributed by atoms with E-state index in [9.17, 15) is 4.79 Å². The smallest absolute Gasteiger partial charge is 0.276 e. The Balaban J connectivity index is 2.08. The summed E-state index contributed by atoms with van der Waals surface area (Å²) in [6.07, 6.45) is 0.969. The molecule has 1 unspecified atom stereocenters. The van der Waals surface area contributed by atoms with E-state index < -0.39 is 5.91 Å². The minimum atomic E-state index is -0.397. The van der Waals surface area contributed by atoms with Gasteiger partial charge in [-0.15, -0.1) is 10.2 Å². The SMILES string of the molecule is CCC(C)Nc1ccc(C(=O)Nc2cccc(Cl)c2Cl)nn1. The molecule has 7 heteroatoms. The number of anilines is 2. The van der Waals surface area contributed by atoms with Crippen molar-refractivity contribution in [3.63, 3.8) is 0 Å². The van der Waals surface area contributed by atoms with E-state index in [-0.39, 0.29) is 5.69 Å². The molecule has 116 valence electrons. The summed E-state index contributed by atoms with van der Waals surface area (Å²) in [6.45, 7) is 4.12. The van der Waals surface area contributed by atoms with Crippen molar-refractivity contribution in [1.29, 1.82) is 0 Å². The molecule has 0 radical (unpaired) electrons. The van der Waals surface area contributed by atoms with Gasteiger partial charge in [0, 0.05) is 6.04 Å². The van der Waals surface area contributed by atoms with E-state index in [1.54, 1.807) is 30.3 Å². The van der Waals surface area contributed by atoms with Crippen LogP contribution in [-0.4, -0.2) is 22.1 Å². The molecular weight excluding hydrogens is 323 g/mol. The maximum absolute atomic E-state index is 12.1. The average molecular weight is 339 g/mol. The summed E-state index contributed by atoms with van der Waals surface area (Å²) in [5.74, 6) is 0.235. The summed E-state index contributed by atoms with van der Waals surface area (Å²) >= 11 is 11.9. The maximum atomic E-state index is 12.1. The summed E-state index contributed by atoms with van der Waals surface area (Å²) in [4.78, 5) is 12.1. The zero-order valence-corrected chi connectivity index (χ0v) is 13.7. The van der Waals surface area contributed by atoms with Gasteiger partial charge in [-0.1, -0.05) is 36.2 Å². The molecule has 0 saturated heterocycles. The first-order chi connectivity index (χ1) is 10.5. The van der Waals surface area contributed by atoms with Crippen LogP contribution in [-0.2, 0) is 0 Å². The van der Waals surface area contributed by atoms with Crippen LogP contribution in [0.3, 0.4) is 0 Å². The van der Waals surface area contributed by atoms with Gasteiger partial charge in [0.25, 0.3) is 5.91 Å². The number of hydrogen-bond acceptors (Lipinski definition) is 4. The quantitative estimate of drug-likeness (QED) is 0.855. The van der Waals surface area contributed by atoms with Crippen molar-refractivity contribution in [3.8, 4) is 0 Å². The Bertz CT molecular complexity index is 661. The molecule has 5 nitrogen and oxygen atoms in total. The molecule has 0 fully saturated rings. The third-order valence-corrected chi connectivity index (χ3v) is 3.92. The molecule has 1 amide bonds. The van der Waals surface area contributed by atoms with Gasteiger partial charge in [-0.05, 0) is 37.6 Å². The number of amides is 1. The lowest BCUT2D eigenvalue weighted by Gasteiger charge is -2.11. The Morgan fingerprint density at radius 2 is 2.00 bits per heavy atom. The van der Waals surface area contributed by atoms with Gasteiger partial charge in [0.1, 0.15) is 5.82 Å². The Kier molecular flexibility index (Phi) is 5.57. The zero-order valence-electron chi connectivity index (χ0n) is 12.2. The van der Waals surface area contributed by atoms with Gasteiger partial charge in [-0.3, -0.25) is 4.79 Å². The molecule has 2 rings (SSSR count). The Labute approximate surface area is 139 Å². The normalized spacial score (nSPS) is 11.8. The third kappa shape index (κ3) is 4.08. The predicted molar refractivity (Wildman–Crippen MR) is 89.8 cm³/mol. The van der Waals surface area contributed by atoms with Gasteiger partial charge in [-0.2, -0.15) is 0 Å². The average Bonchev–Trinajstić information content (AvgIpc) is 2.52. The molecule has 1 heterocycles.